The highest BCUT2D eigenvalue weighted by molar-refractivity contribution is 5.81. The molecule has 0 spiro atoms. The molecule has 1 amide bonds. The number of carbonyl (C=O) groups excluding carboxylic acids is 1. The first-order valence-corrected chi connectivity index (χ1v) is 5.15. The van der Waals surface area contributed by atoms with Gasteiger partial charge in [-0.2, -0.15) is 0 Å². The van der Waals surface area contributed by atoms with Crippen molar-refractivity contribution in [2.45, 2.75) is 39.3 Å². The van der Waals surface area contributed by atoms with Crippen molar-refractivity contribution < 1.29 is 9.90 Å². The van der Waals surface area contributed by atoms with Gasteiger partial charge in [0, 0.05) is 13.1 Å². The zero-order valence-electron chi connectivity index (χ0n) is 9.58. The number of carbonyl (C=O) groups is 1. The first kappa shape index (κ1) is 13.4. The number of nitrogens with one attached hydrogen (secondary N) is 1. The maximum Gasteiger partial charge on any atom is 0.237 e. The molecule has 0 heterocycles. The van der Waals surface area contributed by atoms with Crippen LogP contribution in [0.25, 0.3) is 0 Å². The highest BCUT2D eigenvalue weighted by atomic mass is 16.3. The fourth-order valence-corrected chi connectivity index (χ4v) is 1.17. The number of likely N-dealkylation sites (N-methyl/N-ethyl adjacent to an activating group) is 1. The van der Waals surface area contributed by atoms with Crippen molar-refractivity contribution in [1.29, 1.82) is 0 Å². The average molecular weight is 202 g/mol. The Morgan fingerprint density at radius 2 is 2.07 bits per heavy atom. The maximum absolute atomic E-state index is 11.5. The van der Waals surface area contributed by atoms with Crippen LogP contribution in [0.15, 0.2) is 0 Å². The Kier molecular flexibility index (Phi) is 6.49. The lowest BCUT2D eigenvalue weighted by Crippen LogP contribution is -2.45. The van der Waals surface area contributed by atoms with E-state index in [0.29, 0.717) is 13.1 Å². The Hall–Kier alpha value is -0.610. The van der Waals surface area contributed by atoms with Crippen molar-refractivity contribution in [3.63, 3.8) is 0 Å². The number of aliphatic hydroxyl groups excluding tert-OH is 1. The molecule has 0 radical (unpaired) electrons. The van der Waals surface area contributed by atoms with Gasteiger partial charge < -0.3 is 10.4 Å². The Labute approximate surface area is 86.3 Å². The van der Waals surface area contributed by atoms with E-state index in [1.165, 1.54) is 0 Å². The predicted molar refractivity (Wildman–Crippen MR) is 57.1 cm³/mol. The largest absolute Gasteiger partial charge is 0.392 e. The summed E-state index contributed by atoms with van der Waals surface area (Å²) in [5, 5.41) is 12.0. The zero-order chi connectivity index (χ0) is 11.1. The predicted octanol–water partition coefficient (Wildman–Crippen LogP) is 0.214. The molecule has 4 nitrogen and oxygen atoms in total. The Balaban J connectivity index is 3.90. The number of amides is 1. The van der Waals surface area contributed by atoms with Gasteiger partial charge in [0.25, 0.3) is 0 Å². The zero-order valence-corrected chi connectivity index (χ0v) is 9.58. The molecule has 2 atom stereocenters. The van der Waals surface area contributed by atoms with Gasteiger partial charge in [-0.15, -0.1) is 0 Å². The molecule has 0 saturated heterocycles. The lowest BCUT2D eigenvalue weighted by atomic mass is 10.2. The van der Waals surface area contributed by atoms with Crippen LogP contribution in [-0.2, 0) is 4.79 Å². The van der Waals surface area contributed by atoms with Crippen LogP contribution in [0.3, 0.4) is 0 Å². The minimum absolute atomic E-state index is 0.0231. The van der Waals surface area contributed by atoms with Gasteiger partial charge in [-0.1, -0.05) is 6.92 Å². The van der Waals surface area contributed by atoms with Crippen molar-refractivity contribution >= 4 is 5.91 Å². The van der Waals surface area contributed by atoms with Crippen LogP contribution >= 0.6 is 0 Å². The van der Waals surface area contributed by atoms with E-state index in [9.17, 15) is 4.79 Å². The SMILES string of the molecule is CCCNC(=O)C(C)N(C)CC(C)O. The first-order chi connectivity index (χ1) is 6.49. The van der Waals surface area contributed by atoms with E-state index >= 15 is 0 Å². The molecule has 0 bridgehead atoms. The summed E-state index contributed by atoms with van der Waals surface area (Å²) in [6.45, 7) is 6.80. The molecule has 0 aromatic heterocycles. The van der Waals surface area contributed by atoms with Crippen molar-refractivity contribution in [1.82, 2.24) is 10.2 Å². The van der Waals surface area contributed by atoms with Gasteiger partial charge in [0.15, 0.2) is 0 Å². The van der Waals surface area contributed by atoms with Crippen LogP contribution < -0.4 is 5.32 Å². The molecule has 0 aromatic carbocycles. The average Bonchev–Trinajstić information content (AvgIpc) is 2.11. The van der Waals surface area contributed by atoms with Gasteiger partial charge in [0.05, 0.1) is 12.1 Å². The summed E-state index contributed by atoms with van der Waals surface area (Å²) in [5.41, 5.74) is 0. The van der Waals surface area contributed by atoms with Crippen LogP contribution in [0.4, 0.5) is 0 Å². The molecule has 2 N–H and O–H groups in total. The van der Waals surface area contributed by atoms with Crippen molar-refractivity contribution in [2.24, 2.45) is 0 Å². The van der Waals surface area contributed by atoms with Gasteiger partial charge >= 0.3 is 0 Å². The molecule has 0 fully saturated rings. The van der Waals surface area contributed by atoms with Crippen molar-refractivity contribution in [3.8, 4) is 0 Å². The quantitative estimate of drug-likeness (QED) is 0.647. The number of rotatable bonds is 6. The Morgan fingerprint density at radius 3 is 2.50 bits per heavy atom. The summed E-state index contributed by atoms with van der Waals surface area (Å²) < 4.78 is 0. The number of aliphatic hydroxyl groups is 1. The standard InChI is InChI=1S/C10H22N2O2/c1-5-6-11-10(14)9(3)12(4)7-8(2)13/h8-9,13H,5-7H2,1-4H3,(H,11,14). The maximum atomic E-state index is 11.5. The van der Waals surface area contributed by atoms with Crippen LogP contribution in [0.5, 0.6) is 0 Å². The lowest BCUT2D eigenvalue weighted by molar-refractivity contribution is -0.125. The van der Waals surface area contributed by atoms with Crippen molar-refractivity contribution in [2.75, 3.05) is 20.1 Å². The summed E-state index contributed by atoms with van der Waals surface area (Å²) in [6, 6.07) is -0.184. The third-order valence-corrected chi connectivity index (χ3v) is 2.14. The molecule has 0 rings (SSSR count). The summed E-state index contributed by atoms with van der Waals surface area (Å²) >= 11 is 0. The summed E-state index contributed by atoms with van der Waals surface area (Å²) in [7, 11) is 1.84. The second-order valence-corrected chi connectivity index (χ2v) is 3.76. The fourth-order valence-electron chi connectivity index (χ4n) is 1.17. The number of nitrogens with zero attached hydrogens (tertiary/aromatic N) is 1. The van der Waals surface area contributed by atoms with Crippen LogP contribution in [0, 0.1) is 0 Å². The van der Waals surface area contributed by atoms with Gasteiger partial charge in [-0.25, -0.2) is 0 Å². The Morgan fingerprint density at radius 1 is 1.50 bits per heavy atom. The second-order valence-electron chi connectivity index (χ2n) is 3.76. The molecule has 4 heteroatoms. The smallest absolute Gasteiger partial charge is 0.237 e. The first-order valence-electron chi connectivity index (χ1n) is 5.15. The van der Waals surface area contributed by atoms with E-state index in [2.05, 4.69) is 5.32 Å². The summed E-state index contributed by atoms with van der Waals surface area (Å²) in [4.78, 5) is 13.3. The second kappa shape index (κ2) is 6.79. The summed E-state index contributed by atoms with van der Waals surface area (Å²) in [6.07, 6.45) is 0.542. The highest BCUT2D eigenvalue weighted by Crippen LogP contribution is 1.97. The minimum Gasteiger partial charge on any atom is -0.392 e. The normalized spacial score (nSPS) is 15.3. The molecule has 0 aliphatic heterocycles. The van der Waals surface area contributed by atoms with E-state index in [0.717, 1.165) is 6.42 Å². The van der Waals surface area contributed by atoms with Gasteiger partial charge in [0.1, 0.15) is 0 Å². The van der Waals surface area contributed by atoms with Gasteiger partial charge in [-0.05, 0) is 27.3 Å². The van der Waals surface area contributed by atoms with E-state index in [4.69, 9.17) is 5.11 Å². The topological polar surface area (TPSA) is 52.6 Å². The number of hydrogen-bond donors (Lipinski definition) is 2. The molecule has 0 aliphatic rings. The van der Waals surface area contributed by atoms with Crippen molar-refractivity contribution in [3.05, 3.63) is 0 Å². The molecule has 14 heavy (non-hydrogen) atoms. The fraction of sp³-hybridized carbons (Fsp3) is 0.900. The van der Waals surface area contributed by atoms with E-state index < -0.39 is 6.10 Å². The third kappa shape index (κ3) is 5.19. The summed E-state index contributed by atoms with van der Waals surface area (Å²) in [5.74, 6) is 0.0231. The number of hydrogen-bond acceptors (Lipinski definition) is 3. The molecule has 0 saturated carbocycles. The monoisotopic (exact) mass is 202 g/mol. The molecular weight excluding hydrogens is 180 g/mol. The molecule has 0 aromatic rings. The van der Waals surface area contributed by atoms with Gasteiger partial charge in [0.2, 0.25) is 5.91 Å². The minimum atomic E-state index is -0.401. The van der Waals surface area contributed by atoms with Crippen LogP contribution in [0.1, 0.15) is 27.2 Å². The van der Waals surface area contributed by atoms with E-state index in [-0.39, 0.29) is 11.9 Å². The molecule has 84 valence electrons. The highest BCUT2D eigenvalue weighted by Gasteiger charge is 2.17. The molecular formula is C10H22N2O2. The van der Waals surface area contributed by atoms with Crippen LogP contribution in [-0.4, -0.2) is 48.2 Å². The third-order valence-electron chi connectivity index (χ3n) is 2.14. The van der Waals surface area contributed by atoms with E-state index in [1.807, 2.05) is 25.8 Å². The molecule has 2 unspecified atom stereocenters. The van der Waals surface area contributed by atoms with E-state index in [1.54, 1.807) is 6.92 Å². The molecule has 0 aliphatic carbocycles. The lowest BCUT2D eigenvalue weighted by Gasteiger charge is -2.24. The Bertz CT molecular complexity index is 172. The van der Waals surface area contributed by atoms with Crippen LogP contribution in [0.2, 0.25) is 0 Å². The van der Waals surface area contributed by atoms with Gasteiger partial charge in [-0.3, -0.25) is 9.69 Å².